The van der Waals surface area contributed by atoms with Crippen LogP contribution in [0.15, 0.2) is 36.5 Å². The number of nitrogens with zero attached hydrogens (tertiary/aromatic N) is 2. The third-order valence-corrected chi connectivity index (χ3v) is 7.90. The van der Waals surface area contributed by atoms with Gasteiger partial charge in [0, 0.05) is 29.2 Å². The number of Topliss-reactive ketones (excluding diaryl/α,β-unsaturated/α-hetero) is 1. The van der Waals surface area contributed by atoms with Gasteiger partial charge < -0.3 is 0 Å². The van der Waals surface area contributed by atoms with Gasteiger partial charge in [-0.1, -0.05) is 19.1 Å². The van der Waals surface area contributed by atoms with Gasteiger partial charge in [-0.2, -0.15) is 0 Å². The number of para-hydroxylation sites is 1. The number of halogens is 3. The maximum atomic E-state index is 14.3. The van der Waals surface area contributed by atoms with Gasteiger partial charge >= 0.3 is 6.29 Å². The average Bonchev–Trinajstić information content (AvgIpc) is 2.86. The lowest BCUT2D eigenvalue weighted by atomic mass is 9.84. The van der Waals surface area contributed by atoms with E-state index in [1.54, 1.807) is 39.0 Å². The highest BCUT2D eigenvalue weighted by Crippen LogP contribution is 2.45. The number of hydrogen-bond acceptors (Lipinski definition) is 6. The van der Waals surface area contributed by atoms with Gasteiger partial charge in [-0.25, -0.2) is 22.6 Å². The fraction of sp³-hybridized carbons (Fsp3) is 0.364. The number of carbonyl (C=O) groups is 3. The van der Waals surface area contributed by atoms with Crippen LogP contribution in [-0.2, 0) is 20.0 Å². The molecule has 0 bridgehead atoms. The van der Waals surface area contributed by atoms with E-state index in [0.29, 0.717) is 16.9 Å². The monoisotopic (exact) mass is 482 g/mol. The molecule has 1 amide bonds. The van der Waals surface area contributed by atoms with E-state index in [0.717, 1.165) is 0 Å². The molecule has 0 N–H and O–H groups in total. The normalized spacial score (nSPS) is 19.1. The van der Waals surface area contributed by atoms with E-state index in [1.807, 2.05) is 0 Å². The summed E-state index contributed by atoms with van der Waals surface area (Å²) in [6.45, 7) is 5.20. The van der Waals surface area contributed by atoms with Crippen LogP contribution >= 0.6 is 0 Å². The number of rotatable bonds is 4. The van der Waals surface area contributed by atoms with E-state index in [1.165, 1.54) is 23.2 Å². The summed E-state index contributed by atoms with van der Waals surface area (Å²) in [7, 11) is -3.05. The topological polar surface area (TPSA) is 101 Å². The van der Waals surface area contributed by atoms with E-state index in [9.17, 15) is 31.2 Å². The number of pyridine rings is 1. The van der Waals surface area contributed by atoms with Crippen LogP contribution in [0.25, 0.3) is 0 Å². The van der Waals surface area contributed by atoms with Crippen molar-refractivity contribution in [2.45, 2.75) is 32.6 Å². The maximum Gasteiger partial charge on any atom is 0.483 e. The Labute approximate surface area is 188 Å². The number of amides is 1. The minimum atomic E-state index is -3.05. The van der Waals surface area contributed by atoms with Crippen LogP contribution in [0.4, 0.5) is 29.5 Å². The lowest BCUT2D eigenvalue weighted by Crippen LogP contribution is -2.47. The van der Waals surface area contributed by atoms with Crippen molar-refractivity contribution in [2.75, 3.05) is 16.4 Å². The summed E-state index contributed by atoms with van der Waals surface area (Å²) in [4.78, 5) is 39.5. The van der Waals surface area contributed by atoms with Gasteiger partial charge in [-0.05, 0) is 32.0 Å². The van der Waals surface area contributed by atoms with Crippen molar-refractivity contribution in [2.24, 2.45) is 5.41 Å². The lowest BCUT2D eigenvalue weighted by molar-refractivity contribution is -0.121. The molecule has 1 aromatic carbocycles. The summed E-state index contributed by atoms with van der Waals surface area (Å²) >= 11 is 0. The molecule has 176 valence electrons. The van der Waals surface area contributed by atoms with Crippen LogP contribution in [0.5, 0.6) is 0 Å². The van der Waals surface area contributed by atoms with Gasteiger partial charge in [-0.3, -0.25) is 14.5 Å². The Morgan fingerprint density at radius 3 is 2.24 bits per heavy atom. The predicted molar refractivity (Wildman–Crippen MR) is 114 cm³/mol. The van der Waals surface area contributed by atoms with Crippen LogP contribution < -0.4 is 4.90 Å². The molecule has 1 fully saturated rings. The zero-order valence-corrected chi connectivity index (χ0v) is 18.9. The van der Waals surface area contributed by atoms with Gasteiger partial charge in [0.1, 0.15) is 11.6 Å². The van der Waals surface area contributed by atoms with Crippen LogP contribution in [0.3, 0.4) is 0 Å². The molecule has 7 nitrogen and oxygen atoms in total. The first-order valence-corrected chi connectivity index (χ1v) is 11.7. The molecule has 1 saturated heterocycles. The minimum Gasteiger partial charge on any atom is -0.294 e. The number of ketones is 1. The molecule has 4 rings (SSSR count). The van der Waals surface area contributed by atoms with Crippen molar-refractivity contribution >= 4 is 39.3 Å². The standard InChI is InChI=1S/C21H21FN2O4S.CF2O/c1-20(2)14-8-13(17(25)9-21(3)11-29(27,28)12-21)10-23-18(14)24(19(20)26)16-7-5-4-6-15(16)22;2-1(3)4/h4-8,10H,9,11-12H2,1-3H3;. The number of hydrogen-bond donors (Lipinski definition) is 0. The number of sulfone groups is 1. The van der Waals surface area contributed by atoms with Gasteiger partial charge in [0.05, 0.1) is 22.6 Å². The number of carbonyl (C=O) groups excluding carboxylic acids is 3. The average molecular weight is 482 g/mol. The molecule has 2 aliphatic rings. The number of aromatic nitrogens is 1. The Kier molecular flexibility index (Phi) is 6.22. The van der Waals surface area contributed by atoms with Crippen molar-refractivity contribution < 1.29 is 36.0 Å². The highest BCUT2D eigenvalue weighted by atomic mass is 32.2. The van der Waals surface area contributed by atoms with Crippen LogP contribution in [0.1, 0.15) is 43.1 Å². The Morgan fingerprint density at radius 1 is 1.12 bits per heavy atom. The quantitative estimate of drug-likeness (QED) is 0.478. The lowest BCUT2D eigenvalue weighted by Gasteiger charge is -2.37. The van der Waals surface area contributed by atoms with Crippen molar-refractivity contribution in [3.05, 3.63) is 53.5 Å². The summed E-state index contributed by atoms with van der Waals surface area (Å²) in [5.74, 6) is -0.786. The van der Waals surface area contributed by atoms with E-state index >= 15 is 0 Å². The van der Waals surface area contributed by atoms with Crippen LogP contribution in [0, 0.1) is 11.2 Å². The summed E-state index contributed by atoms with van der Waals surface area (Å²) in [6, 6.07) is 7.60. The van der Waals surface area contributed by atoms with Crippen molar-refractivity contribution in [3.63, 3.8) is 0 Å². The summed E-state index contributed by atoms with van der Waals surface area (Å²) in [5.41, 5.74) is -0.569. The molecule has 0 saturated carbocycles. The molecule has 0 unspecified atom stereocenters. The largest absolute Gasteiger partial charge is 0.483 e. The maximum absolute atomic E-state index is 14.3. The molecule has 3 heterocycles. The molecule has 2 aromatic rings. The molecule has 0 aliphatic carbocycles. The second-order valence-electron chi connectivity index (χ2n) is 8.98. The molecule has 0 radical (unpaired) electrons. The Bertz CT molecular complexity index is 1240. The first-order valence-electron chi connectivity index (χ1n) is 9.85. The van der Waals surface area contributed by atoms with Crippen molar-refractivity contribution in [1.29, 1.82) is 0 Å². The smallest absolute Gasteiger partial charge is 0.294 e. The minimum absolute atomic E-state index is 0.00481. The molecular formula is C22H21F3N2O5S. The third kappa shape index (κ3) is 4.82. The summed E-state index contributed by atoms with van der Waals surface area (Å²) in [6.07, 6.45) is -1.36. The second-order valence-corrected chi connectivity index (χ2v) is 11.0. The molecule has 1 aromatic heterocycles. The zero-order chi connectivity index (χ0) is 24.8. The number of anilines is 2. The van der Waals surface area contributed by atoms with Crippen molar-refractivity contribution in [1.82, 2.24) is 4.98 Å². The van der Waals surface area contributed by atoms with Crippen LogP contribution in [-0.4, -0.2) is 42.9 Å². The van der Waals surface area contributed by atoms with Gasteiger partial charge in [-0.15, -0.1) is 8.78 Å². The van der Waals surface area contributed by atoms with E-state index in [2.05, 4.69) is 4.98 Å². The van der Waals surface area contributed by atoms with Crippen LogP contribution in [0.2, 0.25) is 0 Å². The van der Waals surface area contributed by atoms with Crippen molar-refractivity contribution in [3.8, 4) is 0 Å². The van der Waals surface area contributed by atoms with E-state index in [-0.39, 0.29) is 35.3 Å². The Morgan fingerprint density at radius 2 is 1.70 bits per heavy atom. The number of benzene rings is 1. The third-order valence-electron chi connectivity index (χ3n) is 5.63. The Balaban J connectivity index is 0.000000709. The number of fused-ring (bicyclic) bond motifs is 1. The first-order chi connectivity index (χ1) is 15.2. The predicted octanol–water partition coefficient (Wildman–Crippen LogP) is 4.23. The SMILES string of the molecule is CC1(CC(=O)c2cnc3c(c2)C(C)(C)C(=O)N3c2ccccc2F)CS(=O)(=O)C1.O=C(F)F. The molecule has 0 atom stereocenters. The van der Waals surface area contributed by atoms with E-state index < -0.39 is 32.8 Å². The molecule has 11 heteroatoms. The first kappa shape index (κ1) is 24.6. The molecule has 2 aliphatic heterocycles. The van der Waals surface area contributed by atoms with Gasteiger partial charge in [0.15, 0.2) is 15.6 Å². The van der Waals surface area contributed by atoms with Gasteiger partial charge in [0.25, 0.3) is 0 Å². The molecular weight excluding hydrogens is 461 g/mol. The highest BCUT2D eigenvalue weighted by molar-refractivity contribution is 7.92. The van der Waals surface area contributed by atoms with Gasteiger partial charge in [0.2, 0.25) is 5.91 Å². The van der Waals surface area contributed by atoms with E-state index in [4.69, 9.17) is 4.79 Å². The Hall–Kier alpha value is -3.08. The highest BCUT2D eigenvalue weighted by Gasteiger charge is 2.48. The fourth-order valence-corrected chi connectivity index (χ4v) is 6.45. The molecule has 33 heavy (non-hydrogen) atoms. The fourth-order valence-electron chi connectivity index (χ4n) is 4.21. The second kappa shape index (κ2) is 8.36. The summed E-state index contributed by atoms with van der Waals surface area (Å²) in [5, 5.41) is 0. The zero-order valence-electron chi connectivity index (χ0n) is 18.1. The summed E-state index contributed by atoms with van der Waals surface area (Å²) < 4.78 is 56.7. The molecule has 0 spiro atoms.